The van der Waals surface area contributed by atoms with E-state index in [-0.39, 0.29) is 11.9 Å². The molecule has 0 aliphatic carbocycles. The van der Waals surface area contributed by atoms with Crippen LogP contribution in [0.1, 0.15) is 136 Å². The van der Waals surface area contributed by atoms with E-state index in [0.29, 0.717) is 19.6 Å². The van der Waals surface area contributed by atoms with Gasteiger partial charge in [-0.1, -0.05) is 103 Å². The maximum absolute atomic E-state index is 12.9. The highest BCUT2D eigenvalue weighted by Crippen LogP contribution is 2.11. The zero-order valence-corrected chi connectivity index (χ0v) is 25.9. The first-order valence-electron chi connectivity index (χ1n) is 16.7. The highest BCUT2D eigenvalue weighted by Gasteiger charge is 2.19. The van der Waals surface area contributed by atoms with Crippen molar-refractivity contribution in [2.24, 2.45) is 0 Å². The van der Waals surface area contributed by atoms with Gasteiger partial charge in [-0.3, -0.25) is 14.5 Å². The summed E-state index contributed by atoms with van der Waals surface area (Å²) in [5.74, 6) is 0.169. The Morgan fingerprint density at radius 3 is 1.97 bits per heavy atom. The van der Waals surface area contributed by atoms with Gasteiger partial charge in [0.25, 0.3) is 0 Å². The number of esters is 1. The van der Waals surface area contributed by atoms with Crippen molar-refractivity contribution in [1.29, 1.82) is 0 Å². The van der Waals surface area contributed by atoms with Crippen LogP contribution in [0.5, 0.6) is 0 Å². The minimum atomic E-state index is -0.0662. The lowest BCUT2D eigenvalue weighted by atomic mass is 10.1. The molecule has 1 heterocycles. The Balaban J connectivity index is 2.21. The van der Waals surface area contributed by atoms with Crippen molar-refractivity contribution >= 4 is 11.9 Å². The van der Waals surface area contributed by atoms with Gasteiger partial charge in [0.1, 0.15) is 0 Å². The quantitative estimate of drug-likeness (QED) is 0.0698. The lowest BCUT2D eigenvalue weighted by Crippen LogP contribution is -2.49. The summed E-state index contributed by atoms with van der Waals surface area (Å²) in [4.78, 5) is 29.2. The highest BCUT2D eigenvalue weighted by atomic mass is 16.5. The van der Waals surface area contributed by atoms with Gasteiger partial charge in [-0.25, -0.2) is 0 Å². The number of nitrogens with one attached hydrogen (secondary N) is 1. The molecule has 0 atom stereocenters. The summed E-state index contributed by atoms with van der Waals surface area (Å²) in [7, 11) is 0. The monoisotopic (exact) mass is 549 g/mol. The van der Waals surface area contributed by atoms with Crippen molar-refractivity contribution in [3.8, 4) is 0 Å². The number of allylic oxidation sites excluding steroid dienone is 2. The van der Waals surface area contributed by atoms with Gasteiger partial charge in [-0.2, -0.15) is 0 Å². The number of unbranched alkanes of at least 4 members (excludes halogenated alkanes) is 14. The number of carbonyl (C=O) groups is 2. The van der Waals surface area contributed by atoms with Crippen molar-refractivity contribution in [3.05, 3.63) is 12.2 Å². The summed E-state index contributed by atoms with van der Waals surface area (Å²) in [5, 5.41) is 3.32. The van der Waals surface area contributed by atoms with Crippen molar-refractivity contribution in [2.45, 2.75) is 136 Å². The first kappa shape index (κ1) is 35.6. The molecule has 1 amide bonds. The van der Waals surface area contributed by atoms with Crippen LogP contribution in [0.3, 0.4) is 0 Å². The maximum atomic E-state index is 12.9. The van der Waals surface area contributed by atoms with Crippen LogP contribution in [0.2, 0.25) is 0 Å². The maximum Gasteiger partial charge on any atom is 0.305 e. The van der Waals surface area contributed by atoms with E-state index in [2.05, 4.69) is 36.2 Å². The molecule has 6 nitrogen and oxygen atoms in total. The Bertz CT molecular complexity index is 605. The standard InChI is InChI=1S/C33H63N3O3/c1-3-5-7-9-11-12-13-14-15-17-19-21-26-35(31-32(37)36-28-24-34-25-29-36)27-22-30-39-33(38)23-20-18-16-10-8-6-4-2/h9,11,34H,3-8,10,12-31H2,1-2H3/b11-9-. The van der Waals surface area contributed by atoms with E-state index in [9.17, 15) is 9.59 Å². The van der Waals surface area contributed by atoms with Crippen molar-refractivity contribution in [1.82, 2.24) is 15.1 Å². The molecule has 1 aliphatic heterocycles. The van der Waals surface area contributed by atoms with Crippen LogP contribution >= 0.6 is 0 Å². The van der Waals surface area contributed by atoms with Crippen molar-refractivity contribution in [3.63, 3.8) is 0 Å². The van der Waals surface area contributed by atoms with Gasteiger partial charge in [-0.15, -0.1) is 0 Å². The van der Waals surface area contributed by atoms with E-state index in [0.717, 1.165) is 65.0 Å². The Kier molecular flexibility index (Phi) is 24.5. The number of amides is 1. The second kappa shape index (κ2) is 26.8. The van der Waals surface area contributed by atoms with Crippen LogP contribution in [0.15, 0.2) is 12.2 Å². The van der Waals surface area contributed by atoms with Gasteiger partial charge >= 0.3 is 5.97 Å². The predicted octanol–water partition coefficient (Wildman–Crippen LogP) is 7.27. The van der Waals surface area contributed by atoms with Gasteiger partial charge < -0.3 is 15.0 Å². The van der Waals surface area contributed by atoms with Crippen LogP contribution in [-0.2, 0) is 14.3 Å². The Hall–Kier alpha value is -1.40. The zero-order chi connectivity index (χ0) is 28.2. The third-order valence-electron chi connectivity index (χ3n) is 7.68. The molecule has 1 saturated heterocycles. The molecule has 1 aliphatic rings. The molecule has 1 fully saturated rings. The lowest BCUT2D eigenvalue weighted by Gasteiger charge is -2.30. The van der Waals surface area contributed by atoms with E-state index < -0.39 is 0 Å². The number of rotatable bonds is 26. The lowest BCUT2D eigenvalue weighted by molar-refractivity contribution is -0.144. The summed E-state index contributed by atoms with van der Waals surface area (Å²) in [5.41, 5.74) is 0. The average molecular weight is 550 g/mol. The molecule has 0 radical (unpaired) electrons. The number of nitrogens with zero attached hydrogens (tertiary/aromatic N) is 2. The molecule has 0 unspecified atom stereocenters. The molecule has 228 valence electrons. The van der Waals surface area contributed by atoms with Crippen LogP contribution in [0, 0.1) is 0 Å². The van der Waals surface area contributed by atoms with Gasteiger partial charge in [0.15, 0.2) is 0 Å². The molecule has 0 aromatic rings. The molecule has 0 spiro atoms. The first-order valence-corrected chi connectivity index (χ1v) is 16.7. The Morgan fingerprint density at radius 2 is 1.28 bits per heavy atom. The third kappa shape index (κ3) is 22.0. The molecular formula is C33H63N3O3. The fourth-order valence-corrected chi connectivity index (χ4v) is 5.11. The number of piperazine rings is 1. The predicted molar refractivity (Wildman–Crippen MR) is 165 cm³/mol. The smallest absolute Gasteiger partial charge is 0.305 e. The van der Waals surface area contributed by atoms with Crippen LogP contribution in [0.25, 0.3) is 0 Å². The van der Waals surface area contributed by atoms with Crippen LogP contribution in [0.4, 0.5) is 0 Å². The largest absolute Gasteiger partial charge is 0.466 e. The third-order valence-corrected chi connectivity index (χ3v) is 7.68. The summed E-state index contributed by atoms with van der Waals surface area (Å²) >= 11 is 0. The molecule has 0 bridgehead atoms. The number of hydrogen-bond acceptors (Lipinski definition) is 5. The average Bonchev–Trinajstić information content (AvgIpc) is 2.95. The molecule has 1 N–H and O–H groups in total. The van der Waals surface area contributed by atoms with Gasteiger partial charge in [0, 0.05) is 39.1 Å². The normalized spacial score (nSPS) is 14.0. The van der Waals surface area contributed by atoms with Crippen LogP contribution in [-0.4, -0.2) is 74.1 Å². The zero-order valence-electron chi connectivity index (χ0n) is 25.9. The summed E-state index contributed by atoms with van der Waals surface area (Å²) in [6, 6.07) is 0. The second-order valence-corrected chi connectivity index (χ2v) is 11.4. The van der Waals surface area contributed by atoms with Gasteiger partial charge in [-0.05, 0) is 45.1 Å². The molecule has 0 aromatic heterocycles. The Labute approximate surface area is 241 Å². The first-order chi connectivity index (χ1) is 19.2. The summed E-state index contributed by atoms with van der Waals surface area (Å²) < 4.78 is 5.50. The molecule has 1 rings (SSSR count). The fraction of sp³-hybridized carbons (Fsp3) is 0.879. The fourth-order valence-electron chi connectivity index (χ4n) is 5.11. The van der Waals surface area contributed by atoms with Gasteiger partial charge in [0.2, 0.25) is 5.91 Å². The second-order valence-electron chi connectivity index (χ2n) is 11.4. The number of ether oxygens (including phenoxy) is 1. The molecule has 0 saturated carbocycles. The molecule has 6 heteroatoms. The summed E-state index contributed by atoms with van der Waals surface area (Å²) in [6.45, 7) is 10.6. The number of carbonyl (C=O) groups excluding carboxylic acids is 2. The number of hydrogen-bond donors (Lipinski definition) is 1. The Morgan fingerprint density at radius 1 is 0.718 bits per heavy atom. The molecule has 0 aromatic carbocycles. The SMILES string of the molecule is CCCC/C=C\CCCCCCCCN(CCCOC(=O)CCCCCCCCC)CC(=O)N1CCNCC1. The minimum Gasteiger partial charge on any atom is -0.466 e. The van der Waals surface area contributed by atoms with Crippen molar-refractivity contribution in [2.75, 3.05) is 52.4 Å². The van der Waals surface area contributed by atoms with E-state index in [1.165, 1.54) is 89.9 Å². The van der Waals surface area contributed by atoms with Gasteiger partial charge in [0.05, 0.1) is 13.2 Å². The topological polar surface area (TPSA) is 61.9 Å². The molecule has 39 heavy (non-hydrogen) atoms. The van der Waals surface area contributed by atoms with Crippen molar-refractivity contribution < 1.29 is 14.3 Å². The van der Waals surface area contributed by atoms with E-state index in [1.807, 2.05) is 4.90 Å². The minimum absolute atomic E-state index is 0.0662. The van der Waals surface area contributed by atoms with E-state index >= 15 is 0 Å². The van der Waals surface area contributed by atoms with E-state index in [4.69, 9.17) is 4.74 Å². The molecular weight excluding hydrogens is 486 g/mol. The van der Waals surface area contributed by atoms with E-state index in [1.54, 1.807) is 0 Å². The highest BCUT2D eigenvalue weighted by molar-refractivity contribution is 5.78. The summed E-state index contributed by atoms with van der Waals surface area (Å²) in [6.07, 6.45) is 27.1. The van der Waals surface area contributed by atoms with Crippen LogP contribution < -0.4 is 5.32 Å².